The van der Waals surface area contributed by atoms with Crippen molar-refractivity contribution < 1.29 is 27.9 Å². The largest absolute Gasteiger partial charge is 0.481 e. The molecule has 0 atom stereocenters. The van der Waals surface area contributed by atoms with Gasteiger partial charge in [0.2, 0.25) is 0 Å². The molecule has 0 aliphatic carbocycles. The fraction of sp³-hybridized carbons (Fsp3) is 0.231. The lowest BCUT2D eigenvalue weighted by Gasteiger charge is -2.09. The highest BCUT2D eigenvalue weighted by Crippen LogP contribution is 2.32. The summed E-state index contributed by atoms with van der Waals surface area (Å²) in [4.78, 5) is 16.0. The highest BCUT2D eigenvalue weighted by molar-refractivity contribution is 5.98. The molecule has 2 N–H and O–H groups in total. The molecule has 3 rings (SSSR count). The zero-order valence-electron chi connectivity index (χ0n) is 18.6. The second-order valence-electron chi connectivity index (χ2n) is 7.74. The molecule has 8 heteroatoms. The van der Waals surface area contributed by atoms with Crippen LogP contribution in [0.15, 0.2) is 78.0 Å². The van der Waals surface area contributed by atoms with Gasteiger partial charge in [0, 0.05) is 13.1 Å². The van der Waals surface area contributed by atoms with E-state index >= 15 is 0 Å². The number of rotatable bonds is 10. The van der Waals surface area contributed by atoms with Crippen molar-refractivity contribution in [1.29, 1.82) is 0 Å². The van der Waals surface area contributed by atoms with E-state index in [0.29, 0.717) is 29.9 Å². The third kappa shape index (κ3) is 7.45. The molecule has 178 valence electrons. The Labute approximate surface area is 195 Å². The van der Waals surface area contributed by atoms with Crippen molar-refractivity contribution in [2.75, 3.05) is 6.54 Å². The molecule has 0 fully saturated rings. The van der Waals surface area contributed by atoms with Crippen LogP contribution in [0.5, 0.6) is 0 Å². The topological polar surface area (TPSA) is 70.9 Å². The van der Waals surface area contributed by atoms with E-state index in [1.165, 1.54) is 6.07 Å². The highest BCUT2D eigenvalue weighted by atomic mass is 19.4. The molecule has 0 radical (unpaired) electrons. The van der Waals surface area contributed by atoms with Crippen molar-refractivity contribution in [1.82, 2.24) is 5.32 Å². The van der Waals surface area contributed by atoms with E-state index in [1.807, 2.05) is 31.2 Å². The number of oxime groups is 1. The Morgan fingerprint density at radius 1 is 0.971 bits per heavy atom. The number of hydrogen-bond donors (Lipinski definition) is 2. The van der Waals surface area contributed by atoms with Crippen LogP contribution in [0.1, 0.15) is 35.6 Å². The van der Waals surface area contributed by atoms with Gasteiger partial charge in [-0.1, -0.05) is 65.8 Å². The van der Waals surface area contributed by atoms with Crippen LogP contribution in [0.3, 0.4) is 0 Å². The van der Waals surface area contributed by atoms with Gasteiger partial charge >= 0.3 is 12.1 Å². The SMILES string of the molecule is C/C(=N/OCc1ccc(-c2cccc(C(F)(F)F)c2)cc1)c1ccc(CNCCC(=O)O)cc1. The maximum Gasteiger partial charge on any atom is 0.416 e. The van der Waals surface area contributed by atoms with Gasteiger partial charge in [-0.2, -0.15) is 13.2 Å². The monoisotopic (exact) mass is 470 g/mol. The fourth-order valence-corrected chi connectivity index (χ4v) is 3.22. The number of aliphatic carboxylic acids is 1. The second-order valence-corrected chi connectivity index (χ2v) is 7.74. The zero-order valence-corrected chi connectivity index (χ0v) is 18.6. The first-order chi connectivity index (χ1) is 16.2. The van der Waals surface area contributed by atoms with Crippen molar-refractivity contribution in [2.45, 2.75) is 32.7 Å². The van der Waals surface area contributed by atoms with Gasteiger partial charge in [0.25, 0.3) is 0 Å². The van der Waals surface area contributed by atoms with Gasteiger partial charge in [0.15, 0.2) is 0 Å². The van der Waals surface area contributed by atoms with Crippen molar-refractivity contribution in [3.8, 4) is 11.1 Å². The summed E-state index contributed by atoms with van der Waals surface area (Å²) in [5, 5.41) is 15.9. The van der Waals surface area contributed by atoms with Gasteiger partial charge in [0.05, 0.1) is 17.7 Å². The lowest BCUT2D eigenvalue weighted by atomic mass is 10.0. The molecular weight excluding hydrogens is 445 g/mol. The molecule has 0 aliphatic heterocycles. The molecular formula is C26H25F3N2O3. The second kappa shape index (κ2) is 11.5. The minimum Gasteiger partial charge on any atom is -0.481 e. The summed E-state index contributed by atoms with van der Waals surface area (Å²) in [6, 6.07) is 20.1. The molecule has 3 aromatic carbocycles. The van der Waals surface area contributed by atoms with Gasteiger partial charge in [-0.15, -0.1) is 0 Å². The predicted octanol–water partition coefficient (Wildman–Crippen LogP) is 5.88. The first-order valence-electron chi connectivity index (χ1n) is 10.7. The Bertz CT molecular complexity index is 1130. The van der Waals surface area contributed by atoms with Crippen LogP contribution in [0.2, 0.25) is 0 Å². The van der Waals surface area contributed by atoms with Gasteiger partial charge in [-0.05, 0) is 46.9 Å². The molecule has 0 saturated carbocycles. The van der Waals surface area contributed by atoms with E-state index in [4.69, 9.17) is 9.94 Å². The normalized spacial score (nSPS) is 11.9. The zero-order chi connectivity index (χ0) is 24.6. The average molecular weight is 470 g/mol. The number of carboxylic acid groups (broad SMARTS) is 1. The van der Waals surface area contributed by atoms with E-state index in [-0.39, 0.29) is 13.0 Å². The third-order valence-corrected chi connectivity index (χ3v) is 5.13. The van der Waals surface area contributed by atoms with Crippen LogP contribution < -0.4 is 5.32 Å². The highest BCUT2D eigenvalue weighted by Gasteiger charge is 2.30. The van der Waals surface area contributed by atoms with Crippen molar-refractivity contribution >= 4 is 11.7 Å². The molecule has 5 nitrogen and oxygen atoms in total. The van der Waals surface area contributed by atoms with Crippen LogP contribution in [-0.2, 0) is 29.0 Å². The number of nitrogens with one attached hydrogen (secondary N) is 1. The van der Waals surface area contributed by atoms with E-state index in [2.05, 4.69) is 10.5 Å². The first kappa shape index (κ1) is 25.0. The average Bonchev–Trinajstić information content (AvgIpc) is 2.82. The van der Waals surface area contributed by atoms with Gasteiger partial charge in [-0.25, -0.2) is 0 Å². The van der Waals surface area contributed by atoms with Crippen molar-refractivity contribution in [2.24, 2.45) is 5.16 Å². The lowest BCUT2D eigenvalue weighted by molar-refractivity contribution is -0.138. The Morgan fingerprint density at radius 3 is 2.29 bits per heavy atom. The van der Waals surface area contributed by atoms with E-state index in [9.17, 15) is 18.0 Å². The van der Waals surface area contributed by atoms with E-state index in [0.717, 1.165) is 28.8 Å². The first-order valence-corrected chi connectivity index (χ1v) is 10.7. The third-order valence-electron chi connectivity index (χ3n) is 5.13. The molecule has 0 saturated heterocycles. The molecule has 0 aliphatic rings. The van der Waals surface area contributed by atoms with Gasteiger partial charge in [0.1, 0.15) is 6.61 Å². The molecule has 0 aromatic heterocycles. The minimum atomic E-state index is -4.38. The maximum absolute atomic E-state index is 12.9. The summed E-state index contributed by atoms with van der Waals surface area (Å²) in [5.74, 6) is -0.832. The maximum atomic E-state index is 12.9. The molecule has 0 heterocycles. The van der Waals surface area contributed by atoms with Gasteiger partial charge in [-0.3, -0.25) is 4.79 Å². The Hall–Kier alpha value is -3.65. The number of carboxylic acids is 1. The Balaban J connectivity index is 1.52. The number of nitrogens with zero attached hydrogens (tertiary/aromatic N) is 1. The number of alkyl halides is 3. The Morgan fingerprint density at radius 2 is 1.65 bits per heavy atom. The molecule has 34 heavy (non-hydrogen) atoms. The van der Waals surface area contributed by atoms with E-state index in [1.54, 1.807) is 30.3 Å². The summed E-state index contributed by atoms with van der Waals surface area (Å²) in [6.07, 6.45) is -4.30. The number of carbonyl (C=O) groups is 1. The quantitative estimate of drug-likeness (QED) is 0.221. The summed E-state index contributed by atoms with van der Waals surface area (Å²) >= 11 is 0. The van der Waals surface area contributed by atoms with Crippen molar-refractivity contribution in [3.05, 3.63) is 95.1 Å². The lowest BCUT2D eigenvalue weighted by Crippen LogP contribution is -2.17. The molecule has 3 aromatic rings. The summed E-state index contributed by atoms with van der Waals surface area (Å²) in [6.45, 7) is 3.05. The van der Waals surface area contributed by atoms with Crippen LogP contribution in [-0.4, -0.2) is 23.3 Å². The summed E-state index contributed by atoms with van der Waals surface area (Å²) in [5.41, 5.74) is 3.98. The van der Waals surface area contributed by atoms with Gasteiger partial charge < -0.3 is 15.3 Å². The smallest absolute Gasteiger partial charge is 0.416 e. The van der Waals surface area contributed by atoms with Crippen LogP contribution >= 0.6 is 0 Å². The minimum absolute atomic E-state index is 0.0785. The number of hydrogen-bond acceptors (Lipinski definition) is 4. The summed E-state index contributed by atoms with van der Waals surface area (Å²) < 4.78 is 38.8. The number of halogens is 3. The predicted molar refractivity (Wildman–Crippen MR) is 124 cm³/mol. The van der Waals surface area contributed by atoms with Crippen LogP contribution in [0, 0.1) is 0 Å². The fourth-order valence-electron chi connectivity index (χ4n) is 3.22. The number of benzene rings is 3. The van der Waals surface area contributed by atoms with E-state index < -0.39 is 17.7 Å². The van der Waals surface area contributed by atoms with Crippen LogP contribution in [0.4, 0.5) is 13.2 Å². The molecule has 0 amide bonds. The van der Waals surface area contributed by atoms with Crippen LogP contribution in [0.25, 0.3) is 11.1 Å². The van der Waals surface area contributed by atoms with Crippen molar-refractivity contribution in [3.63, 3.8) is 0 Å². The molecule has 0 bridgehead atoms. The molecule has 0 spiro atoms. The standard InChI is InChI=1S/C26H25F3N2O3/c1-18(21-9-5-19(6-10-21)16-30-14-13-25(32)33)31-34-17-20-7-11-22(12-8-20)23-3-2-4-24(15-23)26(27,28)29/h2-12,15,30H,13-14,16-17H2,1H3,(H,32,33)/b31-18-. The molecule has 0 unspecified atom stereocenters. The Kier molecular flexibility index (Phi) is 8.43. The summed E-state index contributed by atoms with van der Waals surface area (Å²) in [7, 11) is 0.